The van der Waals surface area contributed by atoms with Crippen LogP contribution in [0.4, 0.5) is 0 Å². The van der Waals surface area contributed by atoms with Crippen LogP contribution >= 0.6 is 0 Å². The van der Waals surface area contributed by atoms with Gasteiger partial charge in [-0.1, -0.05) is 19.3 Å². The van der Waals surface area contributed by atoms with Crippen LogP contribution in [0.1, 0.15) is 38.5 Å². The van der Waals surface area contributed by atoms with E-state index in [-0.39, 0.29) is 12.5 Å². The molecule has 0 aromatic heterocycles. The highest BCUT2D eigenvalue weighted by atomic mass is 16.5. The first-order valence-electron chi connectivity index (χ1n) is 6.86. The molecule has 0 bridgehead atoms. The Bertz CT molecular complexity index is 289. The minimum atomic E-state index is -0.821. The highest BCUT2D eigenvalue weighted by Gasteiger charge is 2.33. The Morgan fingerprint density at radius 2 is 2.06 bits per heavy atom. The molecule has 18 heavy (non-hydrogen) atoms. The number of ether oxygens (including phenoxy) is 1. The monoisotopic (exact) mass is 257 g/mol. The average molecular weight is 257 g/mol. The van der Waals surface area contributed by atoms with Gasteiger partial charge in [0.1, 0.15) is 0 Å². The number of hydrogen-bond acceptors (Lipinski definition) is 4. The lowest BCUT2D eigenvalue weighted by atomic mass is 9.84. The van der Waals surface area contributed by atoms with Gasteiger partial charge in [-0.3, -0.25) is 9.69 Å². The number of β-amino-alcohol motifs (C(OH)–C–C–N with tert-alkyl or cyclic N) is 1. The number of carbonyl (C=O) groups is 1. The van der Waals surface area contributed by atoms with Crippen LogP contribution in [0.15, 0.2) is 0 Å². The molecule has 5 heteroatoms. The number of rotatable bonds is 4. The van der Waals surface area contributed by atoms with Crippen LogP contribution in [0.3, 0.4) is 0 Å². The first-order valence-corrected chi connectivity index (χ1v) is 6.86. The second-order valence-electron chi connectivity index (χ2n) is 5.61. The van der Waals surface area contributed by atoms with Crippen molar-refractivity contribution in [2.45, 2.75) is 50.2 Å². The van der Waals surface area contributed by atoms with Crippen LogP contribution in [-0.2, 0) is 9.53 Å². The molecule has 2 fully saturated rings. The molecule has 0 spiro atoms. The van der Waals surface area contributed by atoms with Gasteiger partial charge in [0.15, 0.2) is 0 Å². The second kappa shape index (κ2) is 5.99. The van der Waals surface area contributed by atoms with Gasteiger partial charge in [0.2, 0.25) is 0 Å². The number of carboxylic acid groups (broad SMARTS) is 1. The lowest BCUT2D eigenvalue weighted by Gasteiger charge is -2.40. The van der Waals surface area contributed by atoms with Crippen LogP contribution in [0.5, 0.6) is 0 Å². The van der Waals surface area contributed by atoms with Gasteiger partial charge < -0.3 is 14.9 Å². The molecule has 104 valence electrons. The Balaban J connectivity index is 1.83. The zero-order valence-corrected chi connectivity index (χ0v) is 10.8. The third-order valence-electron chi connectivity index (χ3n) is 3.93. The van der Waals surface area contributed by atoms with Crippen LogP contribution in [0, 0.1) is 0 Å². The first-order chi connectivity index (χ1) is 8.57. The van der Waals surface area contributed by atoms with Crippen molar-refractivity contribution in [2.75, 3.05) is 26.2 Å². The molecule has 2 aliphatic rings. The lowest BCUT2D eigenvalue weighted by molar-refractivity contribution is -0.142. The fourth-order valence-corrected chi connectivity index (χ4v) is 3.03. The number of aliphatic hydroxyl groups is 1. The minimum absolute atomic E-state index is 0.0505. The summed E-state index contributed by atoms with van der Waals surface area (Å²) in [6, 6.07) is 0. The molecule has 1 aliphatic carbocycles. The molecule has 1 heterocycles. The molecule has 1 atom stereocenters. The van der Waals surface area contributed by atoms with E-state index in [1.165, 1.54) is 6.42 Å². The maximum Gasteiger partial charge on any atom is 0.306 e. The Labute approximate surface area is 108 Å². The number of morpholine rings is 1. The van der Waals surface area contributed by atoms with Gasteiger partial charge in [0, 0.05) is 19.6 Å². The van der Waals surface area contributed by atoms with Gasteiger partial charge in [0.25, 0.3) is 0 Å². The van der Waals surface area contributed by atoms with Gasteiger partial charge in [0.05, 0.1) is 24.7 Å². The summed E-state index contributed by atoms with van der Waals surface area (Å²) in [5, 5.41) is 19.3. The molecule has 0 amide bonds. The van der Waals surface area contributed by atoms with Gasteiger partial charge in [-0.2, -0.15) is 0 Å². The molecule has 0 radical (unpaired) electrons. The minimum Gasteiger partial charge on any atom is -0.481 e. The standard InChI is InChI=1S/C13H23NO4/c15-12(16)8-11-9-14(6-7-18-11)10-13(17)4-2-1-3-5-13/h11,17H,1-10H2,(H,15,16). The summed E-state index contributed by atoms with van der Waals surface area (Å²) in [6.07, 6.45) is 4.96. The van der Waals surface area contributed by atoms with Crippen molar-refractivity contribution >= 4 is 5.97 Å². The van der Waals surface area contributed by atoms with Crippen molar-refractivity contribution in [1.29, 1.82) is 0 Å². The van der Waals surface area contributed by atoms with Crippen molar-refractivity contribution in [1.82, 2.24) is 4.90 Å². The predicted molar refractivity (Wildman–Crippen MR) is 66.5 cm³/mol. The Hall–Kier alpha value is -0.650. The summed E-state index contributed by atoms with van der Waals surface area (Å²) in [5.41, 5.74) is -0.566. The summed E-state index contributed by atoms with van der Waals surface area (Å²) >= 11 is 0. The van der Waals surface area contributed by atoms with E-state index in [0.717, 1.165) is 32.2 Å². The average Bonchev–Trinajstić information content (AvgIpc) is 2.28. The van der Waals surface area contributed by atoms with Crippen molar-refractivity contribution in [3.05, 3.63) is 0 Å². The summed E-state index contributed by atoms with van der Waals surface area (Å²) in [5.74, 6) is -0.821. The lowest BCUT2D eigenvalue weighted by Crippen LogP contribution is -2.51. The Morgan fingerprint density at radius 3 is 2.72 bits per heavy atom. The Kier molecular flexibility index (Phi) is 4.59. The number of carboxylic acids is 1. The largest absolute Gasteiger partial charge is 0.481 e. The first kappa shape index (κ1) is 13.8. The topological polar surface area (TPSA) is 70.0 Å². The van der Waals surface area contributed by atoms with E-state index in [0.29, 0.717) is 19.7 Å². The van der Waals surface area contributed by atoms with Crippen molar-refractivity contribution < 1.29 is 19.7 Å². The smallest absolute Gasteiger partial charge is 0.306 e. The predicted octanol–water partition coefficient (Wildman–Crippen LogP) is 0.857. The van der Waals surface area contributed by atoms with Crippen LogP contribution in [0.25, 0.3) is 0 Å². The molecule has 1 unspecified atom stereocenters. The van der Waals surface area contributed by atoms with E-state index in [9.17, 15) is 9.90 Å². The summed E-state index contributed by atoms with van der Waals surface area (Å²) < 4.78 is 5.44. The third-order valence-corrected chi connectivity index (χ3v) is 3.93. The number of nitrogens with zero attached hydrogens (tertiary/aromatic N) is 1. The SMILES string of the molecule is O=C(O)CC1CN(CC2(O)CCCCC2)CCO1. The van der Waals surface area contributed by atoms with Crippen LogP contribution in [0.2, 0.25) is 0 Å². The fourth-order valence-electron chi connectivity index (χ4n) is 3.03. The normalized spacial score (nSPS) is 29.1. The highest BCUT2D eigenvalue weighted by molar-refractivity contribution is 5.67. The molecule has 1 saturated carbocycles. The summed E-state index contributed by atoms with van der Waals surface area (Å²) in [4.78, 5) is 12.8. The quantitative estimate of drug-likeness (QED) is 0.781. The van der Waals surface area contributed by atoms with E-state index in [1.807, 2.05) is 0 Å². The second-order valence-corrected chi connectivity index (χ2v) is 5.61. The third kappa shape index (κ3) is 3.93. The molecular weight excluding hydrogens is 234 g/mol. The van der Waals surface area contributed by atoms with E-state index in [1.54, 1.807) is 0 Å². The zero-order valence-electron chi connectivity index (χ0n) is 10.8. The van der Waals surface area contributed by atoms with E-state index in [4.69, 9.17) is 9.84 Å². The molecule has 0 aromatic rings. The van der Waals surface area contributed by atoms with Crippen LogP contribution in [-0.4, -0.2) is 59.0 Å². The van der Waals surface area contributed by atoms with E-state index < -0.39 is 11.6 Å². The molecular formula is C13H23NO4. The highest BCUT2D eigenvalue weighted by Crippen LogP contribution is 2.29. The molecule has 1 aliphatic heterocycles. The molecule has 0 aromatic carbocycles. The van der Waals surface area contributed by atoms with Crippen molar-refractivity contribution in [3.8, 4) is 0 Å². The fraction of sp³-hybridized carbons (Fsp3) is 0.923. The van der Waals surface area contributed by atoms with Crippen molar-refractivity contribution in [3.63, 3.8) is 0 Å². The number of hydrogen-bond donors (Lipinski definition) is 2. The Morgan fingerprint density at radius 1 is 1.33 bits per heavy atom. The van der Waals surface area contributed by atoms with Gasteiger partial charge in [-0.15, -0.1) is 0 Å². The van der Waals surface area contributed by atoms with Gasteiger partial charge in [-0.25, -0.2) is 0 Å². The maximum absolute atomic E-state index is 10.7. The summed E-state index contributed by atoms with van der Waals surface area (Å²) in [6.45, 7) is 2.63. The maximum atomic E-state index is 10.7. The zero-order chi connectivity index (χ0) is 13.0. The molecule has 2 rings (SSSR count). The summed E-state index contributed by atoms with van der Waals surface area (Å²) in [7, 11) is 0. The van der Waals surface area contributed by atoms with E-state index >= 15 is 0 Å². The molecule has 5 nitrogen and oxygen atoms in total. The van der Waals surface area contributed by atoms with Crippen molar-refractivity contribution in [2.24, 2.45) is 0 Å². The number of aliphatic carboxylic acids is 1. The van der Waals surface area contributed by atoms with Gasteiger partial charge >= 0.3 is 5.97 Å². The van der Waals surface area contributed by atoms with Gasteiger partial charge in [-0.05, 0) is 12.8 Å². The van der Waals surface area contributed by atoms with E-state index in [2.05, 4.69) is 4.90 Å². The van der Waals surface area contributed by atoms with Crippen LogP contribution < -0.4 is 0 Å². The molecule has 2 N–H and O–H groups in total. The molecule has 1 saturated heterocycles.